The molecule has 0 N–H and O–H groups in total. The summed E-state index contributed by atoms with van der Waals surface area (Å²) < 4.78 is 1.54. The number of rotatable bonds is 2. The molecule has 8 heteroatoms. The summed E-state index contributed by atoms with van der Waals surface area (Å²) in [5.74, 6) is 0. The van der Waals surface area contributed by atoms with E-state index in [1.165, 1.54) is 47.0 Å². The Morgan fingerprint density at radius 3 is 1.39 bits per heavy atom. The van der Waals surface area contributed by atoms with Crippen LogP contribution in [0.5, 0.6) is 0 Å². The third-order valence-corrected chi connectivity index (χ3v) is 7.23. The summed E-state index contributed by atoms with van der Waals surface area (Å²) in [5, 5.41) is 17.7. The van der Waals surface area contributed by atoms with Crippen LogP contribution in [0.25, 0.3) is 0 Å². The predicted octanol–water partition coefficient (Wildman–Crippen LogP) is 2.94. The summed E-state index contributed by atoms with van der Waals surface area (Å²) in [4.78, 5) is 23.0. The zero-order valence-corrected chi connectivity index (χ0v) is 11.8. The molecule has 0 radical (unpaired) electrons. The van der Waals surface area contributed by atoms with E-state index in [1.54, 1.807) is 0 Å². The largest absolute Gasteiger partial charge is 0.297 e. The molecule has 2 rings (SSSR count). The third-order valence-electron chi connectivity index (χ3n) is 1.83. The van der Waals surface area contributed by atoms with Crippen molar-refractivity contribution in [1.82, 2.24) is 0 Å². The summed E-state index contributed by atoms with van der Waals surface area (Å²) in [6.45, 7) is 0. The van der Waals surface area contributed by atoms with Gasteiger partial charge in [-0.15, -0.1) is 0 Å². The first-order chi connectivity index (χ1) is 8.73. The molecule has 0 aromatic carbocycles. The number of nitrogens with zero attached hydrogens (tertiary/aromatic N) is 2. The smallest absolute Gasteiger partial charge is 0.158 e. The third kappa shape index (κ3) is 2.38. The van der Waals surface area contributed by atoms with E-state index in [0.717, 1.165) is 8.47 Å². The van der Waals surface area contributed by atoms with Crippen LogP contribution in [0.3, 0.4) is 0 Å². The van der Waals surface area contributed by atoms with E-state index in [9.17, 15) is 9.59 Å². The Balaban J connectivity index is 2.26. The van der Waals surface area contributed by atoms with Crippen LogP contribution in [0.1, 0.15) is 0 Å². The Morgan fingerprint density at radius 1 is 0.778 bits per heavy atom. The van der Waals surface area contributed by atoms with Gasteiger partial charge in [0.15, 0.2) is 12.6 Å². The Hall–Kier alpha value is -1.06. The molecule has 4 nitrogen and oxygen atoms in total. The van der Waals surface area contributed by atoms with Gasteiger partial charge in [-0.3, -0.25) is 9.59 Å². The normalized spacial score (nSPS) is 23.0. The van der Waals surface area contributed by atoms with Gasteiger partial charge in [-0.1, -0.05) is 47.0 Å². The molecule has 18 heavy (non-hydrogen) atoms. The first-order valence-electron chi connectivity index (χ1n) is 4.38. The highest BCUT2D eigenvalue weighted by Gasteiger charge is 2.29. The fraction of sp³-hybridized carbons (Fsp3) is 0. The second-order valence-electron chi connectivity index (χ2n) is 2.83. The van der Waals surface area contributed by atoms with E-state index in [1.807, 2.05) is 12.1 Å². The van der Waals surface area contributed by atoms with Crippen LogP contribution in [0.4, 0.5) is 0 Å². The zero-order chi connectivity index (χ0) is 13.1. The quantitative estimate of drug-likeness (QED) is 0.720. The molecule has 0 aromatic heterocycles. The van der Waals surface area contributed by atoms with Crippen molar-refractivity contribution < 1.29 is 9.59 Å². The molecular weight excluding hydrogens is 308 g/mol. The molecule has 0 amide bonds. The molecule has 2 aliphatic heterocycles. The second-order valence-corrected chi connectivity index (χ2v) is 7.49. The molecule has 0 spiro atoms. The van der Waals surface area contributed by atoms with E-state index in [2.05, 4.69) is 0 Å². The van der Waals surface area contributed by atoms with Gasteiger partial charge in [0, 0.05) is 0 Å². The first kappa shape index (κ1) is 13.4. The number of allylic oxidation sites excluding steroid dienone is 4. The lowest BCUT2D eigenvalue weighted by Crippen LogP contribution is -1.75. The molecule has 0 unspecified atom stereocenters. The molecule has 0 fully saturated rings. The van der Waals surface area contributed by atoms with Crippen LogP contribution in [0, 0.1) is 22.7 Å². The van der Waals surface area contributed by atoms with Crippen molar-refractivity contribution >= 4 is 59.6 Å². The molecule has 0 saturated heterocycles. The van der Waals surface area contributed by atoms with Gasteiger partial charge in [-0.25, -0.2) is 0 Å². The maximum atomic E-state index is 10.8. The summed E-state index contributed by atoms with van der Waals surface area (Å²) in [6, 6.07) is 3.92. The van der Waals surface area contributed by atoms with Gasteiger partial charge in [0.2, 0.25) is 0 Å². The Morgan fingerprint density at radius 2 is 1.17 bits per heavy atom. The van der Waals surface area contributed by atoms with Crippen molar-refractivity contribution in [2.24, 2.45) is 0 Å². The molecule has 0 aliphatic carbocycles. The SMILES string of the molecule is N#CC1=C(C=O)S/C(=C2\SC(C#N)=C(C=O)S2)S1. The highest BCUT2D eigenvalue weighted by molar-refractivity contribution is 8.34. The minimum Gasteiger partial charge on any atom is -0.297 e. The van der Waals surface area contributed by atoms with Gasteiger partial charge < -0.3 is 0 Å². The van der Waals surface area contributed by atoms with Crippen LogP contribution >= 0.6 is 47.0 Å². The van der Waals surface area contributed by atoms with E-state index < -0.39 is 0 Å². The van der Waals surface area contributed by atoms with Crippen LogP contribution in [0.2, 0.25) is 0 Å². The molecule has 0 atom stereocenters. The predicted molar refractivity (Wildman–Crippen MR) is 74.8 cm³/mol. The van der Waals surface area contributed by atoms with E-state index >= 15 is 0 Å². The summed E-state index contributed by atoms with van der Waals surface area (Å²) in [6.07, 6.45) is 1.29. The van der Waals surface area contributed by atoms with E-state index in [0.29, 0.717) is 32.2 Å². The fourth-order valence-electron chi connectivity index (χ4n) is 1.10. The Labute approximate surface area is 120 Å². The summed E-state index contributed by atoms with van der Waals surface area (Å²) in [7, 11) is 0. The first-order valence-corrected chi connectivity index (χ1v) is 7.64. The highest BCUT2D eigenvalue weighted by Crippen LogP contribution is 2.58. The number of aldehydes is 2. The van der Waals surface area contributed by atoms with Gasteiger partial charge in [-0.2, -0.15) is 10.5 Å². The number of nitriles is 2. The van der Waals surface area contributed by atoms with Gasteiger partial charge in [0.1, 0.15) is 21.9 Å². The molecule has 0 saturated carbocycles. The molecule has 2 heterocycles. The lowest BCUT2D eigenvalue weighted by molar-refractivity contribution is -0.105. The monoisotopic (exact) mass is 310 g/mol. The molecular formula is C10H2N2O2S4. The average molecular weight is 310 g/mol. The topological polar surface area (TPSA) is 81.7 Å². The van der Waals surface area contributed by atoms with E-state index in [-0.39, 0.29) is 0 Å². The van der Waals surface area contributed by atoms with Gasteiger partial charge in [0.05, 0.1) is 18.3 Å². The van der Waals surface area contributed by atoms with Gasteiger partial charge in [-0.05, 0) is 0 Å². The minimum atomic E-state index is 0.358. The molecule has 0 bridgehead atoms. The number of carbonyl (C=O) groups is 2. The lowest BCUT2D eigenvalue weighted by Gasteiger charge is -1.99. The Bertz CT molecular complexity index is 565. The van der Waals surface area contributed by atoms with E-state index in [4.69, 9.17) is 10.5 Å². The number of hydrogen-bond acceptors (Lipinski definition) is 8. The average Bonchev–Trinajstić information content (AvgIpc) is 3.01. The number of thioether (sulfide) groups is 4. The van der Waals surface area contributed by atoms with Crippen LogP contribution in [-0.2, 0) is 9.59 Å². The van der Waals surface area contributed by atoms with Crippen molar-refractivity contribution in [3.8, 4) is 12.1 Å². The van der Waals surface area contributed by atoms with Crippen molar-refractivity contribution in [2.75, 3.05) is 0 Å². The van der Waals surface area contributed by atoms with Crippen LogP contribution < -0.4 is 0 Å². The zero-order valence-electron chi connectivity index (χ0n) is 8.50. The maximum absolute atomic E-state index is 10.8. The number of hydrogen-bond donors (Lipinski definition) is 0. The van der Waals surface area contributed by atoms with Gasteiger partial charge in [0.25, 0.3) is 0 Å². The molecule has 2 aliphatic rings. The van der Waals surface area contributed by atoms with Gasteiger partial charge >= 0.3 is 0 Å². The molecule has 0 aromatic rings. The summed E-state index contributed by atoms with van der Waals surface area (Å²) in [5.41, 5.74) is 0. The van der Waals surface area contributed by atoms with Crippen molar-refractivity contribution in [2.45, 2.75) is 0 Å². The van der Waals surface area contributed by atoms with Crippen molar-refractivity contribution in [1.29, 1.82) is 10.5 Å². The minimum absolute atomic E-state index is 0.358. The van der Waals surface area contributed by atoms with Crippen LogP contribution in [-0.4, -0.2) is 12.6 Å². The maximum Gasteiger partial charge on any atom is 0.158 e. The second kappa shape index (κ2) is 5.72. The van der Waals surface area contributed by atoms with Crippen molar-refractivity contribution in [3.63, 3.8) is 0 Å². The number of carbonyl (C=O) groups excluding carboxylic acids is 2. The van der Waals surface area contributed by atoms with Crippen LogP contribution in [0.15, 0.2) is 28.1 Å². The lowest BCUT2D eigenvalue weighted by atomic mass is 10.5. The standard InChI is InChI=1S/C10H2N2O2S4/c11-1-5-7(3-13)17-9(15-5)10-16-6(2-12)8(4-14)18-10/h3-4H/b10-9+. The fourth-order valence-corrected chi connectivity index (χ4v) is 5.83. The summed E-state index contributed by atoms with van der Waals surface area (Å²) >= 11 is 4.81. The van der Waals surface area contributed by atoms with Crippen molar-refractivity contribution in [3.05, 3.63) is 28.1 Å². The molecule has 88 valence electrons. The highest BCUT2D eigenvalue weighted by atomic mass is 32.2. The Kier molecular flexibility index (Phi) is 4.25.